The highest BCUT2D eigenvalue weighted by atomic mass is 19.3. The number of anilines is 1. The number of aliphatic hydroxyl groups excluding tert-OH is 1. The van der Waals surface area contributed by atoms with E-state index in [2.05, 4.69) is 15.3 Å². The van der Waals surface area contributed by atoms with Crippen LogP contribution in [0, 0.1) is 0 Å². The highest BCUT2D eigenvalue weighted by Gasteiger charge is 2.16. The number of halogens is 2. The van der Waals surface area contributed by atoms with Crippen molar-refractivity contribution >= 4 is 5.95 Å². The third kappa shape index (κ3) is 3.93. The number of rotatable bonds is 6. The van der Waals surface area contributed by atoms with E-state index in [1.165, 1.54) is 6.20 Å². The van der Waals surface area contributed by atoms with Crippen molar-refractivity contribution in [3.63, 3.8) is 0 Å². The van der Waals surface area contributed by atoms with Crippen molar-refractivity contribution in [3.8, 4) is 5.88 Å². The van der Waals surface area contributed by atoms with E-state index in [1.807, 2.05) is 0 Å². The van der Waals surface area contributed by atoms with Crippen molar-refractivity contribution in [1.82, 2.24) is 9.97 Å². The molecule has 0 saturated heterocycles. The van der Waals surface area contributed by atoms with Gasteiger partial charge in [-0.15, -0.1) is 0 Å². The zero-order valence-electron chi connectivity index (χ0n) is 8.73. The van der Waals surface area contributed by atoms with Gasteiger partial charge in [-0.2, -0.15) is 4.98 Å². The van der Waals surface area contributed by atoms with Gasteiger partial charge in [0, 0.05) is 18.8 Å². The van der Waals surface area contributed by atoms with Gasteiger partial charge >= 0.3 is 0 Å². The highest BCUT2D eigenvalue weighted by molar-refractivity contribution is 5.27. The van der Waals surface area contributed by atoms with Crippen LogP contribution in [-0.4, -0.2) is 40.8 Å². The van der Waals surface area contributed by atoms with Gasteiger partial charge in [0.1, 0.15) is 6.10 Å². The Hall–Kier alpha value is -1.50. The summed E-state index contributed by atoms with van der Waals surface area (Å²) in [6, 6.07) is 1.55. The van der Waals surface area contributed by atoms with Crippen LogP contribution in [-0.2, 0) is 0 Å². The number of aliphatic hydroxyl groups is 1. The molecule has 0 aliphatic heterocycles. The molecule has 16 heavy (non-hydrogen) atoms. The van der Waals surface area contributed by atoms with E-state index in [0.29, 0.717) is 12.5 Å². The van der Waals surface area contributed by atoms with E-state index in [0.717, 1.165) is 0 Å². The van der Waals surface area contributed by atoms with Gasteiger partial charge in [0.05, 0.1) is 6.61 Å². The molecule has 1 heterocycles. The van der Waals surface area contributed by atoms with Crippen LogP contribution in [0.3, 0.4) is 0 Å². The molecule has 1 unspecified atom stereocenters. The Morgan fingerprint density at radius 2 is 2.31 bits per heavy atom. The average molecular weight is 233 g/mol. The molecular weight excluding hydrogens is 220 g/mol. The Morgan fingerprint density at radius 1 is 1.56 bits per heavy atom. The summed E-state index contributed by atoms with van der Waals surface area (Å²) in [5.41, 5.74) is 0. The molecule has 1 atom stereocenters. The van der Waals surface area contributed by atoms with Crippen LogP contribution in [0.5, 0.6) is 5.88 Å². The van der Waals surface area contributed by atoms with Crippen molar-refractivity contribution in [1.29, 1.82) is 0 Å². The Bertz CT molecular complexity index is 325. The molecule has 0 aliphatic carbocycles. The van der Waals surface area contributed by atoms with E-state index < -0.39 is 12.5 Å². The van der Waals surface area contributed by atoms with Gasteiger partial charge in [0.25, 0.3) is 6.43 Å². The van der Waals surface area contributed by atoms with Crippen LogP contribution in [0.15, 0.2) is 12.3 Å². The van der Waals surface area contributed by atoms with Crippen molar-refractivity contribution in [2.24, 2.45) is 0 Å². The number of nitrogens with zero attached hydrogens (tertiary/aromatic N) is 2. The minimum Gasteiger partial charge on any atom is -0.478 e. The van der Waals surface area contributed by atoms with Crippen molar-refractivity contribution in [2.75, 3.05) is 18.5 Å². The second kappa shape index (κ2) is 6.16. The van der Waals surface area contributed by atoms with Crippen LogP contribution in [0.1, 0.15) is 6.92 Å². The zero-order valence-corrected chi connectivity index (χ0v) is 8.73. The number of alkyl halides is 2. The zero-order chi connectivity index (χ0) is 12.0. The second-order valence-electron chi connectivity index (χ2n) is 2.93. The standard InChI is InChI=1S/C9H13F2N3O2/c1-2-16-7-3-4-12-9(14-7)13-5-6(15)8(10)11/h3-4,6,8,15H,2,5H2,1H3,(H,12,13,14). The smallest absolute Gasteiger partial charge is 0.265 e. The topological polar surface area (TPSA) is 67.3 Å². The van der Waals surface area contributed by atoms with Crippen LogP contribution < -0.4 is 10.1 Å². The molecule has 5 nitrogen and oxygen atoms in total. The van der Waals surface area contributed by atoms with Crippen LogP contribution in [0.25, 0.3) is 0 Å². The van der Waals surface area contributed by atoms with E-state index in [4.69, 9.17) is 9.84 Å². The lowest BCUT2D eigenvalue weighted by Crippen LogP contribution is -2.27. The van der Waals surface area contributed by atoms with Gasteiger partial charge in [-0.05, 0) is 6.92 Å². The molecule has 1 aromatic heterocycles. The fourth-order valence-electron chi connectivity index (χ4n) is 0.941. The molecule has 2 N–H and O–H groups in total. The molecule has 0 fully saturated rings. The second-order valence-corrected chi connectivity index (χ2v) is 2.93. The summed E-state index contributed by atoms with van der Waals surface area (Å²) in [6.07, 6.45) is -3.09. The predicted octanol–water partition coefficient (Wildman–Crippen LogP) is 0.913. The Labute approximate surface area is 91.5 Å². The van der Waals surface area contributed by atoms with Crippen LogP contribution in [0.2, 0.25) is 0 Å². The molecule has 0 amide bonds. The lowest BCUT2D eigenvalue weighted by Gasteiger charge is -2.10. The summed E-state index contributed by atoms with van der Waals surface area (Å²) in [6.45, 7) is 1.94. The fourth-order valence-corrected chi connectivity index (χ4v) is 0.941. The van der Waals surface area contributed by atoms with Crippen LogP contribution >= 0.6 is 0 Å². The number of hydrogen-bond donors (Lipinski definition) is 2. The average Bonchev–Trinajstić information content (AvgIpc) is 2.26. The van der Waals surface area contributed by atoms with Gasteiger partial charge in [0.15, 0.2) is 0 Å². The molecule has 0 spiro atoms. The highest BCUT2D eigenvalue weighted by Crippen LogP contribution is 2.08. The predicted molar refractivity (Wildman–Crippen MR) is 53.7 cm³/mol. The monoisotopic (exact) mass is 233 g/mol. The third-order valence-electron chi connectivity index (χ3n) is 1.68. The van der Waals surface area contributed by atoms with Crippen molar-refractivity contribution in [2.45, 2.75) is 19.5 Å². The summed E-state index contributed by atoms with van der Waals surface area (Å²) in [4.78, 5) is 7.69. The molecule has 0 aliphatic rings. The summed E-state index contributed by atoms with van der Waals surface area (Å²) < 4.78 is 29.1. The lowest BCUT2D eigenvalue weighted by molar-refractivity contribution is 0.00376. The maximum absolute atomic E-state index is 12.0. The first-order valence-corrected chi connectivity index (χ1v) is 4.79. The first-order chi connectivity index (χ1) is 7.63. The fraction of sp³-hybridized carbons (Fsp3) is 0.556. The van der Waals surface area contributed by atoms with Crippen LogP contribution in [0.4, 0.5) is 14.7 Å². The van der Waals surface area contributed by atoms with Gasteiger partial charge < -0.3 is 15.2 Å². The largest absolute Gasteiger partial charge is 0.478 e. The van der Waals surface area contributed by atoms with E-state index >= 15 is 0 Å². The summed E-state index contributed by atoms with van der Waals surface area (Å²) in [7, 11) is 0. The number of ether oxygens (including phenoxy) is 1. The molecule has 90 valence electrons. The number of hydrogen-bond acceptors (Lipinski definition) is 5. The Balaban J connectivity index is 2.50. The molecular formula is C9H13F2N3O2. The third-order valence-corrected chi connectivity index (χ3v) is 1.68. The number of nitrogens with one attached hydrogen (secondary N) is 1. The van der Waals surface area contributed by atoms with Crippen molar-refractivity contribution in [3.05, 3.63) is 12.3 Å². The summed E-state index contributed by atoms with van der Waals surface area (Å²) in [5, 5.41) is 11.4. The molecule has 7 heteroatoms. The van der Waals surface area contributed by atoms with Crippen molar-refractivity contribution < 1.29 is 18.6 Å². The van der Waals surface area contributed by atoms with Gasteiger partial charge in [-0.3, -0.25) is 0 Å². The summed E-state index contributed by atoms with van der Waals surface area (Å²) >= 11 is 0. The molecule has 0 aromatic carbocycles. The van der Waals surface area contributed by atoms with E-state index in [-0.39, 0.29) is 12.5 Å². The molecule has 1 aromatic rings. The lowest BCUT2D eigenvalue weighted by atomic mass is 10.4. The van der Waals surface area contributed by atoms with Gasteiger partial charge in [0.2, 0.25) is 11.8 Å². The van der Waals surface area contributed by atoms with E-state index in [9.17, 15) is 8.78 Å². The number of aromatic nitrogens is 2. The minimum atomic E-state index is -2.79. The SMILES string of the molecule is CCOc1ccnc(NCC(O)C(F)F)n1. The maximum Gasteiger partial charge on any atom is 0.265 e. The maximum atomic E-state index is 12.0. The summed E-state index contributed by atoms with van der Waals surface area (Å²) in [5.74, 6) is 0.497. The Morgan fingerprint density at radius 3 is 2.94 bits per heavy atom. The van der Waals surface area contributed by atoms with Gasteiger partial charge in [-0.25, -0.2) is 13.8 Å². The first kappa shape index (κ1) is 12.6. The first-order valence-electron chi connectivity index (χ1n) is 4.79. The normalized spacial score (nSPS) is 12.6. The molecule has 0 radical (unpaired) electrons. The molecule has 0 saturated carbocycles. The quantitative estimate of drug-likeness (QED) is 0.764. The molecule has 0 bridgehead atoms. The van der Waals surface area contributed by atoms with Gasteiger partial charge in [-0.1, -0.05) is 0 Å². The molecule has 1 rings (SSSR count). The minimum absolute atomic E-state index is 0.144. The van der Waals surface area contributed by atoms with E-state index in [1.54, 1.807) is 13.0 Å². The Kier molecular flexibility index (Phi) is 4.84.